The predicted molar refractivity (Wildman–Crippen MR) is 120 cm³/mol. The van der Waals surface area contributed by atoms with E-state index in [1.807, 2.05) is 35.2 Å². The van der Waals surface area contributed by atoms with E-state index in [9.17, 15) is 14.7 Å². The number of rotatable bonds is 13. The summed E-state index contributed by atoms with van der Waals surface area (Å²) in [7, 11) is 0. The fraction of sp³-hybridized carbons (Fsp3) is 0.500. The molecule has 1 unspecified atom stereocenters. The van der Waals surface area contributed by atoms with Crippen LogP contribution in [-0.2, 0) is 11.3 Å². The SMILES string of the molecule is O=CNCCCC(CCCO)N(C(=O)NCc1cc(-c2cccc(Br)c2)no1)C1CC1. The van der Waals surface area contributed by atoms with Gasteiger partial charge in [0.25, 0.3) is 0 Å². The topological polar surface area (TPSA) is 108 Å². The summed E-state index contributed by atoms with van der Waals surface area (Å²) >= 11 is 3.45. The number of urea groups is 1. The minimum atomic E-state index is -0.130. The molecule has 1 fully saturated rings. The summed E-state index contributed by atoms with van der Waals surface area (Å²) in [5.41, 5.74) is 1.65. The average molecular weight is 493 g/mol. The Morgan fingerprint density at radius 1 is 1.32 bits per heavy atom. The molecule has 1 saturated carbocycles. The highest BCUT2D eigenvalue weighted by Crippen LogP contribution is 2.31. The van der Waals surface area contributed by atoms with E-state index in [-0.39, 0.29) is 31.3 Å². The predicted octanol–water partition coefficient (Wildman–Crippen LogP) is 3.45. The maximum Gasteiger partial charge on any atom is 0.318 e. The second kappa shape index (κ2) is 11.9. The van der Waals surface area contributed by atoms with Crippen LogP contribution in [0.5, 0.6) is 0 Å². The quantitative estimate of drug-likeness (QED) is 0.293. The number of amides is 3. The smallest absolute Gasteiger partial charge is 0.318 e. The molecule has 3 N–H and O–H groups in total. The van der Waals surface area contributed by atoms with Gasteiger partial charge in [-0.2, -0.15) is 0 Å². The maximum atomic E-state index is 13.0. The molecule has 31 heavy (non-hydrogen) atoms. The van der Waals surface area contributed by atoms with E-state index in [0.29, 0.717) is 30.8 Å². The first kappa shape index (κ1) is 23.3. The lowest BCUT2D eigenvalue weighted by molar-refractivity contribution is -0.109. The highest BCUT2D eigenvalue weighted by molar-refractivity contribution is 9.10. The Morgan fingerprint density at radius 3 is 2.84 bits per heavy atom. The number of hydrogen-bond donors (Lipinski definition) is 3. The molecule has 1 atom stereocenters. The number of hydrogen-bond acceptors (Lipinski definition) is 5. The number of halogens is 1. The van der Waals surface area contributed by atoms with Gasteiger partial charge in [-0.05, 0) is 50.7 Å². The zero-order valence-corrected chi connectivity index (χ0v) is 19.0. The fourth-order valence-corrected chi connectivity index (χ4v) is 4.06. The molecule has 9 heteroatoms. The molecule has 0 spiro atoms. The van der Waals surface area contributed by atoms with E-state index in [1.54, 1.807) is 0 Å². The lowest BCUT2D eigenvalue weighted by Crippen LogP contribution is -2.47. The van der Waals surface area contributed by atoms with Crippen molar-refractivity contribution in [1.29, 1.82) is 0 Å². The van der Waals surface area contributed by atoms with Gasteiger partial charge in [0.05, 0.1) is 6.54 Å². The number of aromatic nitrogens is 1. The monoisotopic (exact) mass is 492 g/mol. The van der Waals surface area contributed by atoms with Gasteiger partial charge in [-0.3, -0.25) is 4.79 Å². The highest BCUT2D eigenvalue weighted by Gasteiger charge is 2.37. The van der Waals surface area contributed by atoms with Crippen LogP contribution in [0.4, 0.5) is 4.79 Å². The van der Waals surface area contributed by atoms with Crippen molar-refractivity contribution in [3.8, 4) is 11.3 Å². The van der Waals surface area contributed by atoms with Crippen molar-refractivity contribution in [2.45, 2.75) is 57.2 Å². The van der Waals surface area contributed by atoms with Gasteiger partial charge in [-0.1, -0.05) is 33.2 Å². The summed E-state index contributed by atoms with van der Waals surface area (Å²) in [5, 5.41) is 19.0. The molecule has 1 aliphatic carbocycles. The number of aliphatic hydroxyl groups is 1. The standard InChI is InChI=1S/C22H29BrN4O4/c23-17-5-1-4-16(12-17)21-13-20(31-26-21)14-25-22(30)27(19-8-9-19)18(7-3-11-28)6-2-10-24-15-29/h1,4-5,12-13,15,18-19,28H,2-3,6-11,14H2,(H,24,29)(H,25,30). The molecule has 0 saturated heterocycles. The van der Waals surface area contributed by atoms with Gasteiger partial charge < -0.3 is 25.2 Å². The van der Waals surface area contributed by atoms with Gasteiger partial charge in [-0.15, -0.1) is 0 Å². The molecule has 168 valence electrons. The van der Waals surface area contributed by atoms with Gasteiger partial charge in [0.15, 0.2) is 5.76 Å². The van der Waals surface area contributed by atoms with E-state index in [1.165, 1.54) is 0 Å². The van der Waals surface area contributed by atoms with Crippen LogP contribution in [0.1, 0.15) is 44.3 Å². The molecule has 0 aliphatic heterocycles. The van der Waals surface area contributed by atoms with Crippen molar-refractivity contribution >= 4 is 28.4 Å². The third kappa shape index (κ3) is 7.07. The molecule has 8 nitrogen and oxygen atoms in total. The van der Waals surface area contributed by atoms with Crippen molar-refractivity contribution < 1.29 is 19.2 Å². The van der Waals surface area contributed by atoms with Crippen LogP contribution in [0.2, 0.25) is 0 Å². The summed E-state index contributed by atoms with van der Waals surface area (Å²) < 4.78 is 6.37. The van der Waals surface area contributed by atoms with Crippen molar-refractivity contribution in [1.82, 2.24) is 20.7 Å². The number of aliphatic hydroxyl groups excluding tert-OH is 1. The molecule has 0 bridgehead atoms. The minimum Gasteiger partial charge on any atom is -0.396 e. The van der Waals surface area contributed by atoms with Gasteiger partial charge in [-0.25, -0.2) is 4.79 Å². The van der Waals surface area contributed by atoms with Gasteiger partial charge in [0.2, 0.25) is 6.41 Å². The normalized spacial score (nSPS) is 14.1. The van der Waals surface area contributed by atoms with E-state index in [0.717, 1.165) is 42.1 Å². The zero-order chi connectivity index (χ0) is 22.1. The fourth-order valence-electron chi connectivity index (χ4n) is 3.66. The molecule has 0 radical (unpaired) electrons. The van der Waals surface area contributed by atoms with Gasteiger partial charge in [0.1, 0.15) is 5.69 Å². The maximum absolute atomic E-state index is 13.0. The molecule has 1 aliphatic rings. The summed E-state index contributed by atoms with van der Waals surface area (Å²) in [6.07, 6.45) is 5.60. The van der Waals surface area contributed by atoms with Gasteiger partial charge in [0, 0.05) is 41.3 Å². The highest BCUT2D eigenvalue weighted by atomic mass is 79.9. The molecule has 1 heterocycles. The van der Waals surface area contributed by atoms with Crippen molar-refractivity contribution in [3.05, 3.63) is 40.6 Å². The number of carbonyl (C=O) groups excluding carboxylic acids is 2. The second-order valence-electron chi connectivity index (χ2n) is 7.72. The first-order valence-corrected chi connectivity index (χ1v) is 11.5. The molecule has 3 amide bonds. The Labute approximate surface area is 190 Å². The van der Waals surface area contributed by atoms with Gasteiger partial charge >= 0.3 is 6.03 Å². The Bertz CT molecular complexity index is 856. The Hall–Kier alpha value is -2.39. The van der Waals surface area contributed by atoms with Crippen molar-refractivity contribution in [2.75, 3.05) is 13.2 Å². The number of nitrogens with zero attached hydrogens (tertiary/aromatic N) is 2. The Morgan fingerprint density at radius 2 is 2.13 bits per heavy atom. The summed E-state index contributed by atoms with van der Waals surface area (Å²) in [6, 6.07) is 9.74. The molecule has 3 rings (SSSR count). The van der Waals surface area contributed by atoms with Crippen LogP contribution in [0, 0.1) is 0 Å². The molecular formula is C22H29BrN4O4. The average Bonchev–Trinajstić information content (AvgIpc) is 3.48. The Balaban J connectivity index is 1.60. The third-order valence-electron chi connectivity index (χ3n) is 5.30. The summed E-state index contributed by atoms with van der Waals surface area (Å²) in [4.78, 5) is 25.4. The Kier molecular flexibility index (Phi) is 8.90. The number of nitrogens with one attached hydrogen (secondary N) is 2. The third-order valence-corrected chi connectivity index (χ3v) is 5.79. The zero-order valence-electron chi connectivity index (χ0n) is 17.4. The van der Waals surface area contributed by atoms with E-state index in [4.69, 9.17) is 4.52 Å². The summed E-state index contributed by atoms with van der Waals surface area (Å²) in [6.45, 7) is 0.928. The molecule has 1 aromatic carbocycles. The minimum absolute atomic E-state index is 0.0278. The lowest BCUT2D eigenvalue weighted by atomic mass is 10.0. The lowest BCUT2D eigenvalue weighted by Gasteiger charge is -2.32. The van der Waals surface area contributed by atoms with Crippen molar-refractivity contribution in [2.24, 2.45) is 0 Å². The van der Waals surface area contributed by atoms with Crippen molar-refractivity contribution in [3.63, 3.8) is 0 Å². The van der Waals surface area contributed by atoms with Crippen LogP contribution in [0.15, 0.2) is 39.3 Å². The second-order valence-corrected chi connectivity index (χ2v) is 8.64. The summed E-state index contributed by atoms with van der Waals surface area (Å²) in [5.74, 6) is 0.584. The van der Waals surface area contributed by atoms with E-state index in [2.05, 4.69) is 31.7 Å². The number of benzene rings is 1. The van der Waals surface area contributed by atoms with Crippen LogP contribution in [0.3, 0.4) is 0 Å². The first-order valence-electron chi connectivity index (χ1n) is 10.7. The first-order chi connectivity index (χ1) is 15.1. The van der Waals surface area contributed by atoms with E-state index >= 15 is 0 Å². The van der Waals surface area contributed by atoms with Crippen LogP contribution >= 0.6 is 15.9 Å². The van der Waals surface area contributed by atoms with Crippen LogP contribution < -0.4 is 10.6 Å². The molecule has 2 aromatic rings. The number of carbonyl (C=O) groups is 2. The molecular weight excluding hydrogens is 464 g/mol. The largest absolute Gasteiger partial charge is 0.396 e. The molecule has 1 aromatic heterocycles. The van der Waals surface area contributed by atoms with E-state index < -0.39 is 0 Å². The van der Waals surface area contributed by atoms with Crippen LogP contribution in [-0.4, -0.2) is 52.8 Å². The van der Waals surface area contributed by atoms with Crippen LogP contribution in [0.25, 0.3) is 11.3 Å².